The standard InChI is InChI=1S/C14H11NOS/c16-14-12-7-9-17-13(12)6-8-15(14)10-11-4-2-1-3-5-11/h1-9H,10H2. The van der Waals surface area contributed by atoms with Crippen molar-refractivity contribution in [2.45, 2.75) is 6.54 Å². The van der Waals surface area contributed by atoms with Gasteiger partial charge in [0.1, 0.15) is 0 Å². The summed E-state index contributed by atoms with van der Waals surface area (Å²) >= 11 is 1.60. The van der Waals surface area contributed by atoms with Crippen molar-refractivity contribution in [3.63, 3.8) is 0 Å². The predicted molar refractivity (Wildman–Crippen MR) is 71.6 cm³/mol. The van der Waals surface area contributed by atoms with E-state index in [1.54, 1.807) is 15.9 Å². The third kappa shape index (κ3) is 1.89. The van der Waals surface area contributed by atoms with Crippen LogP contribution in [0.5, 0.6) is 0 Å². The molecule has 0 radical (unpaired) electrons. The number of aromatic nitrogens is 1. The Labute approximate surface area is 103 Å². The maximum atomic E-state index is 12.2. The highest BCUT2D eigenvalue weighted by Gasteiger charge is 2.03. The number of hydrogen-bond acceptors (Lipinski definition) is 2. The van der Waals surface area contributed by atoms with Gasteiger partial charge in [-0.15, -0.1) is 11.3 Å². The molecule has 84 valence electrons. The maximum absolute atomic E-state index is 12.2. The Bertz CT molecular complexity index is 697. The number of nitrogens with zero attached hydrogens (tertiary/aromatic N) is 1. The average molecular weight is 241 g/mol. The minimum Gasteiger partial charge on any atom is -0.311 e. The first-order valence-corrected chi connectivity index (χ1v) is 6.33. The van der Waals surface area contributed by atoms with E-state index < -0.39 is 0 Å². The molecule has 0 N–H and O–H groups in total. The van der Waals surface area contributed by atoms with E-state index in [0.717, 1.165) is 15.6 Å². The summed E-state index contributed by atoms with van der Waals surface area (Å²) in [6, 6.07) is 13.9. The van der Waals surface area contributed by atoms with Gasteiger partial charge in [-0.05, 0) is 23.1 Å². The molecule has 2 heterocycles. The number of benzene rings is 1. The molecule has 0 bridgehead atoms. The fourth-order valence-electron chi connectivity index (χ4n) is 1.91. The smallest absolute Gasteiger partial charge is 0.259 e. The minimum atomic E-state index is 0.0904. The van der Waals surface area contributed by atoms with Crippen molar-refractivity contribution in [1.82, 2.24) is 4.57 Å². The zero-order chi connectivity index (χ0) is 11.7. The molecule has 0 amide bonds. The topological polar surface area (TPSA) is 22.0 Å². The summed E-state index contributed by atoms with van der Waals surface area (Å²) in [7, 11) is 0. The number of fused-ring (bicyclic) bond motifs is 1. The van der Waals surface area contributed by atoms with Gasteiger partial charge in [-0.1, -0.05) is 30.3 Å². The number of thiophene rings is 1. The molecule has 0 saturated carbocycles. The lowest BCUT2D eigenvalue weighted by atomic mass is 10.2. The van der Waals surface area contributed by atoms with Crippen LogP contribution in [0.3, 0.4) is 0 Å². The van der Waals surface area contributed by atoms with E-state index in [1.165, 1.54) is 0 Å². The summed E-state index contributed by atoms with van der Waals surface area (Å²) in [6.07, 6.45) is 1.87. The average Bonchev–Trinajstić information content (AvgIpc) is 2.83. The van der Waals surface area contributed by atoms with Gasteiger partial charge in [0.05, 0.1) is 11.9 Å². The Kier molecular flexibility index (Phi) is 2.53. The first-order chi connectivity index (χ1) is 8.34. The van der Waals surface area contributed by atoms with E-state index >= 15 is 0 Å². The van der Waals surface area contributed by atoms with E-state index in [2.05, 4.69) is 0 Å². The molecule has 0 unspecified atom stereocenters. The van der Waals surface area contributed by atoms with Gasteiger partial charge in [0.25, 0.3) is 5.56 Å². The number of hydrogen-bond donors (Lipinski definition) is 0. The van der Waals surface area contributed by atoms with Gasteiger partial charge in [0, 0.05) is 10.9 Å². The Morgan fingerprint density at radius 1 is 1.06 bits per heavy atom. The highest BCUT2D eigenvalue weighted by Crippen LogP contribution is 2.16. The molecule has 3 rings (SSSR count). The lowest BCUT2D eigenvalue weighted by Crippen LogP contribution is -2.19. The van der Waals surface area contributed by atoms with Crippen molar-refractivity contribution < 1.29 is 0 Å². The largest absolute Gasteiger partial charge is 0.311 e. The van der Waals surface area contributed by atoms with E-state index in [9.17, 15) is 4.79 Å². The first kappa shape index (κ1) is 10.3. The van der Waals surface area contributed by atoms with Crippen LogP contribution in [0.4, 0.5) is 0 Å². The molecule has 0 aliphatic carbocycles. The molecule has 0 spiro atoms. The number of pyridine rings is 1. The summed E-state index contributed by atoms with van der Waals surface area (Å²) in [5.74, 6) is 0. The molecular formula is C14H11NOS. The monoisotopic (exact) mass is 241 g/mol. The van der Waals surface area contributed by atoms with Crippen LogP contribution in [0.1, 0.15) is 5.56 Å². The second-order valence-electron chi connectivity index (χ2n) is 3.93. The molecule has 2 nitrogen and oxygen atoms in total. The van der Waals surface area contributed by atoms with Gasteiger partial charge < -0.3 is 4.57 Å². The van der Waals surface area contributed by atoms with Crippen LogP contribution in [0.2, 0.25) is 0 Å². The molecular weight excluding hydrogens is 230 g/mol. The number of rotatable bonds is 2. The molecule has 3 heteroatoms. The van der Waals surface area contributed by atoms with Crippen molar-refractivity contribution in [3.8, 4) is 0 Å². The minimum absolute atomic E-state index is 0.0904. The fraction of sp³-hybridized carbons (Fsp3) is 0.0714. The Hall–Kier alpha value is -1.87. The molecule has 3 aromatic rings. The maximum Gasteiger partial charge on any atom is 0.259 e. The molecule has 0 fully saturated rings. The molecule has 0 atom stereocenters. The molecule has 1 aromatic carbocycles. The highest BCUT2D eigenvalue weighted by atomic mass is 32.1. The van der Waals surface area contributed by atoms with Crippen LogP contribution in [-0.2, 0) is 6.54 Å². The SMILES string of the molecule is O=c1c2ccsc2ccn1Cc1ccccc1. The van der Waals surface area contributed by atoms with E-state index in [4.69, 9.17) is 0 Å². The van der Waals surface area contributed by atoms with Crippen molar-refractivity contribution in [1.29, 1.82) is 0 Å². The molecule has 17 heavy (non-hydrogen) atoms. The summed E-state index contributed by atoms with van der Waals surface area (Å²) < 4.78 is 2.81. The summed E-state index contributed by atoms with van der Waals surface area (Å²) in [5, 5.41) is 2.77. The van der Waals surface area contributed by atoms with Crippen molar-refractivity contribution in [3.05, 3.63) is 70.0 Å². The molecule has 0 aliphatic heterocycles. The molecule has 0 saturated heterocycles. The summed E-state index contributed by atoms with van der Waals surface area (Å²) in [5.41, 5.74) is 1.23. The lowest BCUT2D eigenvalue weighted by Gasteiger charge is -2.05. The fourth-order valence-corrected chi connectivity index (χ4v) is 2.68. The normalized spacial score (nSPS) is 10.8. The van der Waals surface area contributed by atoms with Crippen LogP contribution in [0, 0.1) is 0 Å². The lowest BCUT2D eigenvalue weighted by molar-refractivity contribution is 0.768. The van der Waals surface area contributed by atoms with E-state index in [-0.39, 0.29) is 5.56 Å². The third-order valence-electron chi connectivity index (χ3n) is 2.79. The van der Waals surface area contributed by atoms with Gasteiger partial charge >= 0.3 is 0 Å². The highest BCUT2D eigenvalue weighted by molar-refractivity contribution is 7.17. The second kappa shape index (κ2) is 4.18. The van der Waals surface area contributed by atoms with Crippen molar-refractivity contribution >= 4 is 21.4 Å². The summed E-state index contributed by atoms with van der Waals surface area (Å²) in [4.78, 5) is 12.2. The quantitative estimate of drug-likeness (QED) is 0.675. The van der Waals surface area contributed by atoms with Crippen molar-refractivity contribution in [2.24, 2.45) is 0 Å². The van der Waals surface area contributed by atoms with Crippen LogP contribution < -0.4 is 5.56 Å². The second-order valence-corrected chi connectivity index (χ2v) is 4.88. The summed E-state index contributed by atoms with van der Waals surface area (Å²) in [6.45, 7) is 0.630. The molecule has 2 aromatic heterocycles. The first-order valence-electron chi connectivity index (χ1n) is 5.45. The third-order valence-corrected chi connectivity index (χ3v) is 3.67. The Morgan fingerprint density at radius 3 is 2.71 bits per heavy atom. The van der Waals surface area contributed by atoms with E-state index in [1.807, 2.05) is 54.0 Å². The zero-order valence-electron chi connectivity index (χ0n) is 9.17. The zero-order valence-corrected chi connectivity index (χ0v) is 9.98. The Morgan fingerprint density at radius 2 is 1.88 bits per heavy atom. The van der Waals surface area contributed by atoms with Gasteiger partial charge in [-0.3, -0.25) is 4.79 Å². The predicted octanol–water partition coefficient (Wildman–Crippen LogP) is 3.11. The van der Waals surface area contributed by atoms with Crippen molar-refractivity contribution in [2.75, 3.05) is 0 Å². The van der Waals surface area contributed by atoms with Crippen LogP contribution in [0.25, 0.3) is 10.1 Å². The van der Waals surface area contributed by atoms with Crippen LogP contribution in [0.15, 0.2) is 58.8 Å². The van der Waals surface area contributed by atoms with Gasteiger partial charge in [0.15, 0.2) is 0 Å². The molecule has 0 aliphatic rings. The Balaban J connectivity index is 2.07. The van der Waals surface area contributed by atoms with Gasteiger partial charge in [0.2, 0.25) is 0 Å². The van der Waals surface area contributed by atoms with E-state index in [0.29, 0.717) is 6.54 Å². The van der Waals surface area contributed by atoms with Crippen LogP contribution >= 0.6 is 11.3 Å². The van der Waals surface area contributed by atoms with Gasteiger partial charge in [-0.2, -0.15) is 0 Å². The van der Waals surface area contributed by atoms with Crippen LogP contribution in [-0.4, -0.2) is 4.57 Å². The van der Waals surface area contributed by atoms with Gasteiger partial charge in [-0.25, -0.2) is 0 Å².